The van der Waals surface area contributed by atoms with Crippen LogP contribution >= 0.6 is 0 Å². The van der Waals surface area contributed by atoms with Gasteiger partial charge in [-0.3, -0.25) is 14.8 Å². The van der Waals surface area contributed by atoms with Crippen LogP contribution in [0.15, 0.2) is 65.8 Å². The van der Waals surface area contributed by atoms with Gasteiger partial charge in [-0.2, -0.15) is 13.2 Å². The Morgan fingerprint density at radius 2 is 1.76 bits per heavy atom. The third-order valence-corrected chi connectivity index (χ3v) is 4.62. The molecule has 1 N–H and O–H groups in total. The fourth-order valence-electron chi connectivity index (χ4n) is 3.12. The van der Waals surface area contributed by atoms with Crippen molar-refractivity contribution in [3.63, 3.8) is 0 Å². The highest BCUT2D eigenvalue weighted by Crippen LogP contribution is 2.36. The standard InChI is InChI=1S/C22H16F3N3O/c1-13-5-6-16(12-26-13)14-3-2-4-15(9-14)19-11-21(29)28-20-10-17(22(23,24)25)7-8-18(20)27-19/h2-10,12H,11H2,1H3,(H,28,29). The second-order valence-corrected chi connectivity index (χ2v) is 6.78. The number of nitrogens with one attached hydrogen (secondary N) is 1. The number of benzene rings is 2. The van der Waals surface area contributed by atoms with E-state index in [-0.39, 0.29) is 12.1 Å². The van der Waals surface area contributed by atoms with Crippen molar-refractivity contribution >= 4 is 23.0 Å². The minimum absolute atomic E-state index is 0.0361. The summed E-state index contributed by atoms with van der Waals surface area (Å²) in [6, 6.07) is 14.5. The van der Waals surface area contributed by atoms with Crippen LogP contribution in [-0.4, -0.2) is 16.6 Å². The number of halogens is 3. The van der Waals surface area contributed by atoms with Crippen LogP contribution in [0, 0.1) is 6.92 Å². The molecule has 0 atom stereocenters. The Morgan fingerprint density at radius 3 is 2.48 bits per heavy atom. The number of aliphatic imine (C=N–C) groups is 1. The molecule has 1 amide bonds. The van der Waals surface area contributed by atoms with Crippen molar-refractivity contribution in [3.8, 4) is 11.1 Å². The maximum absolute atomic E-state index is 13.0. The van der Waals surface area contributed by atoms with Gasteiger partial charge in [0.05, 0.1) is 29.1 Å². The van der Waals surface area contributed by atoms with Gasteiger partial charge in [0.2, 0.25) is 5.91 Å². The van der Waals surface area contributed by atoms with E-state index in [1.165, 1.54) is 6.07 Å². The zero-order valence-electron chi connectivity index (χ0n) is 15.4. The van der Waals surface area contributed by atoms with Gasteiger partial charge in [-0.1, -0.05) is 24.3 Å². The number of amides is 1. The number of aromatic nitrogens is 1. The smallest absolute Gasteiger partial charge is 0.324 e. The molecule has 3 aromatic rings. The topological polar surface area (TPSA) is 54.4 Å². The minimum Gasteiger partial charge on any atom is -0.324 e. The Labute approximate surface area is 165 Å². The van der Waals surface area contributed by atoms with Gasteiger partial charge < -0.3 is 5.32 Å². The molecule has 146 valence electrons. The number of alkyl halides is 3. The molecule has 0 fully saturated rings. The maximum Gasteiger partial charge on any atom is 0.416 e. The van der Waals surface area contributed by atoms with Crippen LogP contribution in [0.5, 0.6) is 0 Å². The molecular formula is C22H16F3N3O. The molecule has 29 heavy (non-hydrogen) atoms. The second-order valence-electron chi connectivity index (χ2n) is 6.78. The van der Waals surface area contributed by atoms with E-state index >= 15 is 0 Å². The first kappa shape index (κ1) is 18.9. The van der Waals surface area contributed by atoms with Crippen molar-refractivity contribution in [3.05, 3.63) is 77.6 Å². The van der Waals surface area contributed by atoms with Crippen LogP contribution in [0.3, 0.4) is 0 Å². The quantitative estimate of drug-likeness (QED) is 0.620. The summed E-state index contributed by atoms with van der Waals surface area (Å²) in [6.07, 6.45) is -2.76. The lowest BCUT2D eigenvalue weighted by Gasteiger charge is -2.10. The lowest BCUT2D eigenvalue weighted by Crippen LogP contribution is -2.15. The Hall–Kier alpha value is -3.48. The summed E-state index contributed by atoms with van der Waals surface area (Å²) in [7, 11) is 0. The highest BCUT2D eigenvalue weighted by Gasteiger charge is 2.31. The maximum atomic E-state index is 13.0. The Balaban J connectivity index is 1.75. The number of pyridine rings is 1. The van der Waals surface area contributed by atoms with Crippen molar-refractivity contribution in [2.24, 2.45) is 4.99 Å². The number of aryl methyl sites for hydroxylation is 1. The van der Waals surface area contributed by atoms with Crippen LogP contribution in [0.1, 0.15) is 23.2 Å². The molecule has 0 bridgehead atoms. The molecule has 4 nitrogen and oxygen atoms in total. The number of rotatable bonds is 2. The normalized spacial score (nSPS) is 13.9. The first-order valence-corrected chi connectivity index (χ1v) is 8.92. The van der Waals surface area contributed by atoms with Crippen LogP contribution in [0.25, 0.3) is 11.1 Å². The zero-order valence-corrected chi connectivity index (χ0v) is 15.4. The molecular weight excluding hydrogens is 379 g/mol. The van der Waals surface area contributed by atoms with E-state index in [9.17, 15) is 18.0 Å². The van der Waals surface area contributed by atoms with Gasteiger partial charge in [0.15, 0.2) is 0 Å². The number of carbonyl (C=O) groups excluding carboxylic acids is 1. The van der Waals surface area contributed by atoms with E-state index in [0.717, 1.165) is 34.5 Å². The number of hydrogen-bond acceptors (Lipinski definition) is 3. The molecule has 2 heterocycles. The molecule has 0 radical (unpaired) electrons. The summed E-state index contributed by atoms with van der Waals surface area (Å²) >= 11 is 0. The molecule has 0 aliphatic carbocycles. The summed E-state index contributed by atoms with van der Waals surface area (Å²) in [6.45, 7) is 1.90. The minimum atomic E-state index is -4.49. The zero-order chi connectivity index (χ0) is 20.6. The third kappa shape index (κ3) is 4.03. The third-order valence-electron chi connectivity index (χ3n) is 4.62. The monoisotopic (exact) mass is 395 g/mol. The summed E-state index contributed by atoms with van der Waals surface area (Å²) in [5, 5.41) is 2.52. The van der Waals surface area contributed by atoms with E-state index in [2.05, 4.69) is 15.3 Å². The number of anilines is 1. The van der Waals surface area contributed by atoms with Gasteiger partial charge in [0.25, 0.3) is 0 Å². The summed E-state index contributed by atoms with van der Waals surface area (Å²) in [4.78, 5) is 21.1. The molecule has 7 heteroatoms. The first-order valence-electron chi connectivity index (χ1n) is 8.92. The highest BCUT2D eigenvalue weighted by atomic mass is 19.4. The van der Waals surface area contributed by atoms with Crippen LogP contribution in [0.2, 0.25) is 0 Å². The van der Waals surface area contributed by atoms with Crippen molar-refractivity contribution in [2.75, 3.05) is 5.32 Å². The average molecular weight is 395 g/mol. The average Bonchev–Trinajstić information content (AvgIpc) is 2.85. The van der Waals surface area contributed by atoms with Crippen molar-refractivity contribution in [1.82, 2.24) is 4.98 Å². The molecule has 0 spiro atoms. The molecule has 1 aliphatic rings. The summed E-state index contributed by atoms with van der Waals surface area (Å²) < 4.78 is 38.9. The van der Waals surface area contributed by atoms with Crippen molar-refractivity contribution in [1.29, 1.82) is 0 Å². The lowest BCUT2D eigenvalue weighted by atomic mass is 10.0. The Bertz CT molecular complexity index is 1120. The van der Waals surface area contributed by atoms with E-state index in [1.54, 1.807) is 6.20 Å². The molecule has 1 aromatic heterocycles. The second kappa shape index (κ2) is 7.16. The molecule has 2 aromatic carbocycles. The van der Waals surface area contributed by atoms with E-state index in [0.29, 0.717) is 11.4 Å². The molecule has 1 aliphatic heterocycles. The molecule has 4 rings (SSSR count). The molecule has 0 saturated carbocycles. The van der Waals surface area contributed by atoms with Crippen molar-refractivity contribution < 1.29 is 18.0 Å². The lowest BCUT2D eigenvalue weighted by molar-refractivity contribution is -0.137. The fourth-order valence-corrected chi connectivity index (χ4v) is 3.12. The van der Waals surface area contributed by atoms with Gasteiger partial charge in [-0.05, 0) is 48.4 Å². The SMILES string of the molecule is Cc1ccc(-c2cccc(C3=Nc4ccc(C(F)(F)F)cc4NC(=O)C3)c2)cn1. The number of carbonyl (C=O) groups is 1. The van der Waals surface area contributed by atoms with Crippen LogP contribution < -0.4 is 5.32 Å². The van der Waals surface area contributed by atoms with E-state index < -0.39 is 17.6 Å². The fraction of sp³-hybridized carbons (Fsp3) is 0.136. The van der Waals surface area contributed by atoms with E-state index in [1.807, 2.05) is 43.3 Å². The summed E-state index contributed by atoms with van der Waals surface area (Å²) in [5.41, 5.74) is 3.48. The predicted octanol–water partition coefficient (Wildman–Crippen LogP) is 5.54. The predicted molar refractivity (Wildman–Crippen MR) is 105 cm³/mol. The van der Waals surface area contributed by atoms with E-state index in [4.69, 9.17) is 0 Å². The molecule has 0 unspecified atom stereocenters. The van der Waals surface area contributed by atoms with Gasteiger partial charge in [-0.15, -0.1) is 0 Å². The highest BCUT2D eigenvalue weighted by molar-refractivity contribution is 6.17. The largest absolute Gasteiger partial charge is 0.416 e. The number of nitrogens with zero attached hydrogens (tertiary/aromatic N) is 2. The van der Waals surface area contributed by atoms with Gasteiger partial charge in [0, 0.05) is 17.5 Å². The van der Waals surface area contributed by atoms with Crippen LogP contribution in [0.4, 0.5) is 24.5 Å². The number of hydrogen-bond donors (Lipinski definition) is 1. The molecule has 0 saturated heterocycles. The summed E-state index contributed by atoms with van der Waals surface area (Å²) in [5.74, 6) is -0.413. The Morgan fingerprint density at radius 1 is 0.966 bits per heavy atom. The van der Waals surface area contributed by atoms with Crippen LogP contribution in [-0.2, 0) is 11.0 Å². The van der Waals surface area contributed by atoms with Crippen molar-refractivity contribution in [2.45, 2.75) is 19.5 Å². The van der Waals surface area contributed by atoms with Gasteiger partial charge in [-0.25, -0.2) is 0 Å². The van der Waals surface area contributed by atoms with Gasteiger partial charge >= 0.3 is 6.18 Å². The first-order chi connectivity index (χ1) is 13.8. The van der Waals surface area contributed by atoms with Gasteiger partial charge in [0.1, 0.15) is 0 Å². The Kier molecular flexibility index (Phi) is 4.66. The number of fused-ring (bicyclic) bond motifs is 1.